The van der Waals surface area contributed by atoms with Crippen LogP contribution in [0.5, 0.6) is 0 Å². The Balaban J connectivity index is 2.58. The molecule has 0 amide bonds. The molecule has 2 aromatic rings. The average molecular weight is 290 g/mol. The molecular formula is C11H9F3N2O2S. The molecule has 0 bridgehead atoms. The van der Waals surface area contributed by atoms with Gasteiger partial charge in [0.1, 0.15) is 0 Å². The van der Waals surface area contributed by atoms with Crippen LogP contribution >= 0.6 is 0 Å². The summed E-state index contributed by atoms with van der Waals surface area (Å²) in [6.07, 6.45) is -2.64. The summed E-state index contributed by atoms with van der Waals surface area (Å²) in [5, 5.41) is 0. The quantitative estimate of drug-likeness (QED) is 0.924. The minimum Gasteiger partial charge on any atom is -0.334 e. The van der Waals surface area contributed by atoms with Crippen molar-refractivity contribution in [3.63, 3.8) is 0 Å². The van der Waals surface area contributed by atoms with Crippen LogP contribution in [-0.4, -0.2) is 24.6 Å². The van der Waals surface area contributed by atoms with Gasteiger partial charge in [-0.25, -0.2) is 13.4 Å². The normalized spacial score (nSPS) is 12.6. The van der Waals surface area contributed by atoms with Gasteiger partial charge in [-0.3, -0.25) is 0 Å². The first kappa shape index (κ1) is 13.6. The number of hydrogen-bond donors (Lipinski definition) is 1. The van der Waals surface area contributed by atoms with Crippen molar-refractivity contribution in [3.05, 3.63) is 36.3 Å². The van der Waals surface area contributed by atoms with Crippen LogP contribution in [0.4, 0.5) is 13.2 Å². The van der Waals surface area contributed by atoms with Crippen LogP contribution in [0.3, 0.4) is 0 Å². The standard InChI is InChI=1S/C11H9F3N2O2S/c1-19(17,18)9-5-3-2-4-7(9)8-6-15-10(16-8)11(12,13)14/h2-6H,1H3,(H,15,16). The minimum atomic E-state index is -4.60. The Morgan fingerprint density at radius 3 is 2.37 bits per heavy atom. The fourth-order valence-corrected chi connectivity index (χ4v) is 2.52. The summed E-state index contributed by atoms with van der Waals surface area (Å²) in [6, 6.07) is 5.79. The van der Waals surface area contributed by atoms with Gasteiger partial charge in [0.2, 0.25) is 5.82 Å². The maximum absolute atomic E-state index is 12.4. The number of imidazole rings is 1. The van der Waals surface area contributed by atoms with E-state index < -0.39 is 21.8 Å². The van der Waals surface area contributed by atoms with E-state index in [1.54, 1.807) is 0 Å². The lowest BCUT2D eigenvalue weighted by atomic mass is 10.2. The first-order chi connectivity index (χ1) is 8.69. The number of alkyl halides is 3. The second kappa shape index (κ2) is 4.37. The number of nitrogens with zero attached hydrogens (tertiary/aromatic N) is 1. The number of benzene rings is 1. The minimum absolute atomic E-state index is 0.00773. The molecule has 0 radical (unpaired) electrons. The van der Waals surface area contributed by atoms with Gasteiger partial charge < -0.3 is 4.98 Å². The molecule has 0 unspecified atom stereocenters. The monoisotopic (exact) mass is 290 g/mol. The van der Waals surface area contributed by atoms with Crippen molar-refractivity contribution in [1.82, 2.24) is 9.97 Å². The smallest absolute Gasteiger partial charge is 0.334 e. The number of nitrogens with one attached hydrogen (secondary N) is 1. The third-order valence-corrected chi connectivity index (χ3v) is 3.58. The number of sulfone groups is 1. The predicted molar refractivity (Wildman–Crippen MR) is 62.1 cm³/mol. The van der Waals surface area contributed by atoms with Crippen LogP contribution in [0.15, 0.2) is 35.4 Å². The molecule has 1 aromatic carbocycles. The van der Waals surface area contributed by atoms with Gasteiger partial charge in [-0.15, -0.1) is 0 Å². The highest BCUT2D eigenvalue weighted by Crippen LogP contribution is 2.31. The second-order valence-corrected chi connectivity index (χ2v) is 5.90. The second-order valence-electron chi connectivity index (χ2n) is 3.91. The Kier molecular flexibility index (Phi) is 3.13. The molecule has 1 N–H and O–H groups in total. The number of H-pyrrole nitrogens is 1. The van der Waals surface area contributed by atoms with Crippen molar-refractivity contribution in [2.24, 2.45) is 0 Å². The lowest BCUT2D eigenvalue weighted by Crippen LogP contribution is -2.07. The molecule has 8 heteroatoms. The Morgan fingerprint density at radius 2 is 1.84 bits per heavy atom. The van der Waals surface area contributed by atoms with E-state index in [0.29, 0.717) is 0 Å². The van der Waals surface area contributed by atoms with Crippen LogP contribution in [-0.2, 0) is 16.0 Å². The Labute approximate surface area is 107 Å². The molecule has 0 saturated heterocycles. The Hall–Kier alpha value is -1.83. The molecule has 2 rings (SSSR count). The molecule has 0 atom stereocenters. The van der Waals surface area contributed by atoms with Crippen molar-refractivity contribution < 1.29 is 21.6 Å². The number of aromatic amines is 1. The van der Waals surface area contributed by atoms with E-state index in [1.165, 1.54) is 24.3 Å². The van der Waals surface area contributed by atoms with Gasteiger partial charge in [0, 0.05) is 11.8 Å². The van der Waals surface area contributed by atoms with Gasteiger partial charge in [-0.05, 0) is 6.07 Å². The molecule has 4 nitrogen and oxygen atoms in total. The lowest BCUT2D eigenvalue weighted by Gasteiger charge is -2.05. The molecule has 0 aliphatic carbocycles. The maximum Gasteiger partial charge on any atom is 0.449 e. The first-order valence-electron chi connectivity index (χ1n) is 5.11. The summed E-state index contributed by atoms with van der Waals surface area (Å²) in [6.45, 7) is 0. The van der Waals surface area contributed by atoms with Crippen LogP contribution in [0.2, 0.25) is 0 Å². The molecule has 1 aromatic heterocycles. The highest BCUT2D eigenvalue weighted by molar-refractivity contribution is 7.90. The van der Waals surface area contributed by atoms with Crippen molar-refractivity contribution in [2.45, 2.75) is 11.1 Å². The number of hydrogen-bond acceptors (Lipinski definition) is 3. The zero-order chi connectivity index (χ0) is 14.3. The first-order valence-corrected chi connectivity index (χ1v) is 7.00. The van der Waals surface area contributed by atoms with E-state index in [1.807, 2.05) is 0 Å². The van der Waals surface area contributed by atoms with E-state index in [9.17, 15) is 21.6 Å². The Bertz CT molecular complexity index is 705. The molecular weight excluding hydrogens is 281 g/mol. The SMILES string of the molecule is CS(=O)(=O)c1ccccc1-c1cnc(C(F)(F)F)[nH]1. The molecule has 0 fully saturated rings. The fraction of sp³-hybridized carbons (Fsp3) is 0.182. The summed E-state index contributed by atoms with van der Waals surface area (Å²) < 4.78 is 60.5. The van der Waals surface area contributed by atoms with E-state index in [2.05, 4.69) is 9.97 Å². The third-order valence-electron chi connectivity index (χ3n) is 2.42. The highest BCUT2D eigenvalue weighted by Gasteiger charge is 2.34. The molecule has 102 valence electrons. The molecule has 0 aliphatic heterocycles. The van der Waals surface area contributed by atoms with E-state index in [-0.39, 0.29) is 16.2 Å². The number of aromatic nitrogens is 2. The van der Waals surface area contributed by atoms with E-state index in [0.717, 1.165) is 12.5 Å². The van der Waals surface area contributed by atoms with Crippen molar-refractivity contribution >= 4 is 9.84 Å². The third kappa shape index (κ3) is 2.78. The average Bonchev–Trinajstić information content (AvgIpc) is 2.76. The van der Waals surface area contributed by atoms with Gasteiger partial charge in [-0.1, -0.05) is 18.2 Å². The molecule has 19 heavy (non-hydrogen) atoms. The molecule has 0 saturated carbocycles. The van der Waals surface area contributed by atoms with Crippen LogP contribution in [0.25, 0.3) is 11.3 Å². The van der Waals surface area contributed by atoms with Crippen molar-refractivity contribution in [3.8, 4) is 11.3 Å². The number of halogens is 3. The zero-order valence-electron chi connectivity index (χ0n) is 9.69. The summed E-state index contributed by atoms with van der Waals surface area (Å²) in [7, 11) is -3.54. The molecule has 1 heterocycles. The summed E-state index contributed by atoms with van der Waals surface area (Å²) >= 11 is 0. The van der Waals surface area contributed by atoms with Crippen molar-refractivity contribution in [2.75, 3.05) is 6.26 Å². The van der Waals surface area contributed by atoms with E-state index >= 15 is 0 Å². The van der Waals surface area contributed by atoms with Gasteiger partial charge in [0.05, 0.1) is 16.8 Å². The van der Waals surface area contributed by atoms with Crippen LogP contribution < -0.4 is 0 Å². The maximum atomic E-state index is 12.4. The zero-order valence-corrected chi connectivity index (χ0v) is 10.5. The fourth-order valence-electron chi connectivity index (χ4n) is 1.61. The van der Waals surface area contributed by atoms with Crippen molar-refractivity contribution in [1.29, 1.82) is 0 Å². The van der Waals surface area contributed by atoms with E-state index in [4.69, 9.17) is 0 Å². The van der Waals surface area contributed by atoms with Crippen LogP contribution in [0.1, 0.15) is 5.82 Å². The molecule has 0 aliphatic rings. The van der Waals surface area contributed by atoms with Gasteiger partial charge in [0.25, 0.3) is 0 Å². The summed E-state index contributed by atoms with van der Waals surface area (Å²) in [5.41, 5.74) is 0.168. The highest BCUT2D eigenvalue weighted by atomic mass is 32.2. The Morgan fingerprint density at radius 1 is 1.21 bits per heavy atom. The predicted octanol–water partition coefficient (Wildman–Crippen LogP) is 2.50. The summed E-state index contributed by atoms with van der Waals surface area (Å²) in [4.78, 5) is 5.24. The molecule has 0 spiro atoms. The largest absolute Gasteiger partial charge is 0.449 e. The van der Waals surface area contributed by atoms with Gasteiger partial charge in [0.15, 0.2) is 9.84 Å². The number of rotatable bonds is 2. The topological polar surface area (TPSA) is 62.8 Å². The lowest BCUT2D eigenvalue weighted by molar-refractivity contribution is -0.144. The van der Waals surface area contributed by atoms with Gasteiger partial charge >= 0.3 is 6.18 Å². The van der Waals surface area contributed by atoms with Crippen LogP contribution in [0, 0.1) is 0 Å². The summed E-state index contributed by atoms with van der Waals surface area (Å²) in [5.74, 6) is -1.16. The van der Waals surface area contributed by atoms with Gasteiger partial charge in [-0.2, -0.15) is 13.2 Å².